The molecule has 2 aromatic carbocycles. The Hall–Kier alpha value is -2.54. The average molecular weight is 306 g/mol. The van der Waals surface area contributed by atoms with Crippen LogP contribution >= 0.6 is 0 Å². The van der Waals surface area contributed by atoms with Crippen LogP contribution in [0.25, 0.3) is 0 Å². The number of hydrogen-bond donors (Lipinski definition) is 2. The van der Waals surface area contributed by atoms with Crippen molar-refractivity contribution in [1.29, 1.82) is 0 Å². The monoisotopic (exact) mass is 306 g/mol. The molecule has 0 aromatic heterocycles. The largest absolute Gasteiger partial charge is 0.478 e. The molecular formula is C14H14N2O4S. The average Bonchev–Trinajstić information content (AvgIpc) is 2.46. The SMILES string of the molecule is CN(c1ccccc1)S(=O)(=O)c1ccc(C(=O)O)cc1N. The Bertz CT molecular complexity index is 773. The minimum absolute atomic E-state index is 0.0613. The molecule has 7 heteroatoms. The summed E-state index contributed by atoms with van der Waals surface area (Å²) >= 11 is 0. The summed E-state index contributed by atoms with van der Waals surface area (Å²) in [5.41, 5.74) is 6.02. The summed E-state index contributed by atoms with van der Waals surface area (Å²) in [5, 5.41) is 8.87. The van der Waals surface area contributed by atoms with E-state index < -0.39 is 16.0 Å². The molecule has 0 aliphatic heterocycles. The van der Waals surface area contributed by atoms with Gasteiger partial charge in [0.15, 0.2) is 0 Å². The number of aromatic carboxylic acids is 1. The van der Waals surface area contributed by atoms with Crippen molar-refractivity contribution in [3.05, 3.63) is 54.1 Å². The Morgan fingerprint density at radius 3 is 2.29 bits per heavy atom. The van der Waals surface area contributed by atoms with Gasteiger partial charge in [-0.05, 0) is 30.3 Å². The third kappa shape index (κ3) is 2.82. The molecule has 0 bridgehead atoms. The number of carbonyl (C=O) groups is 1. The highest BCUT2D eigenvalue weighted by molar-refractivity contribution is 7.93. The highest BCUT2D eigenvalue weighted by Gasteiger charge is 2.24. The summed E-state index contributed by atoms with van der Waals surface area (Å²) in [7, 11) is -2.44. The number of nitrogens with zero attached hydrogens (tertiary/aromatic N) is 1. The van der Waals surface area contributed by atoms with Gasteiger partial charge in [-0.1, -0.05) is 18.2 Å². The first-order valence-electron chi connectivity index (χ1n) is 6.01. The van der Waals surface area contributed by atoms with Gasteiger partial charge in [-0.2, -0.15) is 0 Å². The van der Waals surface area contributed by atoms with E-state index in [0.717, 1.165) is 10.4 Å². The predicted octanol–water partition coefficient (Wildman–Crippen LogP) is 1.79. The van der Waals surface area contributed by atoms with Gasteiger partial charge in [0, 0.05) is 7.05 Å². The molecule has 0 aliphatic rings. The zero-order valence-corrected chi connectivity index (χ0v) is 12.0. The minimum atomic E-state index is -3.85. The number of benzene rings is 2. The van der Waals surface area contributed by atoms with Gasteiger partial charge in [0.25, 0.3) is 10.0 Å². The van der Waals surface area contributed by atoms with Crippen LogP contribution in [0.15, 0.2) is 53.4 Å². The van der Waals surface area contributed by atoms with Crippen molar-refractivity contribution < 1.29 is 18.3 Å². The number of hydrogen-bond acceptors (Lipinski definition) is 4. The number of carboxylic acids is 1. The molecule has 0 fully saturated rings. The maximum atomic E-state index is 12.5. The van der Waals surface area contributed by atoms with Crippen LogP contribution in [0.1, 0.15) is 10.4 Å². The van der Waals surface area contributed by atoms with E-state index >= 15 is 0 Å². The van der Waals surface area contributed by atoms with E-state index in [1.165, 1.54) is 19.2 Å². The Morgan fingerprint density at radius 1 is 1.14 bits per heavy atom. The van der Waals surface area contributed by atoms with Crippen LogP contribution in [0.4, 0.5) is 11.4 Å². The van der Waals surface area contributed by atoms with Crippen LogP contribution in [0.3, 0.4) is 0 Å². The molecule has 2 rings (SSSR count). The molecule has 3 N–H and O–H groups in total. The van der Waals surface area contributed by atoms with Crippen LogP contribution in [0.5, 0.6) is 0 Å². The van der Waals surface area contributed by atoms with Crippen molar-refractivity contribution in [1.82, 2.24) is 0 Å². The summed E-state index contributed by atoms with van der Waals surface area (Å²) < 4.78 is 26.2. The molecule has 2 aromatic rings. The standard InChI is InChI=1S/C14H14N2O4S/c1-16(11-5-3-2-4-6-11)21(19,20)13-8-7-10(14(17)18)9-12(13)15/h2-9H,15H2,1H3,(H,17,18). The molecule has 0 aliphatic carbocycles. The Balaban J connectivity index is 2.47. The van der Waals surface area contributed by atoms with Gasteiger partial charge in [-0.25, -0.2) is 13.2 Å². The first-order chi connectivity index (χ1) is 9.84. The van der Waals surface area contributed by atoms with Gasteiger partial charge in [0.1, 0.15) is 4.90 Å². The van der Waals surface area contributed by atoms with E-state index in [4.69, 9.17) is 10.8 Å². The van der Waals surface area contributed by atoms with E-state index in [0.29, 0.717) is 5.69 Å². The van der Waals surface area contributed by atoms with Crippen LogP contribution in [0, 0.1) is 0 Å². The topological polar surface area (TPSA) is 101 Å². The summed E-state index contributed by atoms with van der Waals surface area (Å²) in [6, 6.07) is 12.1. The molecule has 0 atom stereocenters. The summed E-state index contributed by atoms with van der Waals surface area (Å²) in [6.07, 6.45) is 0. The van der Waals surface area contributed by atoms with Crippen LogP contribution in [0.2, 0.25) is 0 Å². The lowest BCUT2D eigenvalue weighted by atomic mass is 10.2. The number of para-hydroxylation sites is 1. The number of rotatable bonds is 4. The molecule has 0 spiro atoms. The number of carboxylic acid groups (broad SMARTS) is 1. The second-order valence-corrected chi connectivity index (χ2v) is 6.30. The number of nitrogen functional groups attached to an aromatic ring is 1. The molecule has 0 saturated heterocycles. The minimum Gasteiger partial charge on any atom is -0.478 e. The summed E-state index contributed by atoms with van der Waals surface area (Å²) in [5.74, 6) is -1.16. The molecular weight excluding hydrogens is 292 g/mol. The predicted molar refractivity (Wildman–Crippen MR) is 79.8 cm³/mol. The molecule has 0 amide bonds. The lowest BCUT2D eigenvalue weighted by Crippen LogP contribution is -2.27. The van der Waals surface area contributed by atoms with Gasteiger partial charge < -0.3 is 10.8 Å². The van der Waals surface area contributed by atoms with Crippen molar-refractivity contribution in [2.24, 2.45) is 0 Å². The van der Waals surface area contributed by atoms with Crippen molar-refractivity contribution >= 4 is 27.4 Å². The van der Waals surface area contributed by atoms with Gasteiger partial charge in [-0.3, -0.25) is 4.31 Å². The van der Waals surface area contributed by atoms with Crippen molar-refractivity contribution in [3.8, 4) is 0 Å². The van der Waals surface area contributed by atoms with Crippen LogP contribution in [-0.4, -0.2) is 26.5 Å². The van der Waals surface area contributed by atoms with E-state index in [1.807, 2.05) is 0 Å². The fourth-order valence-corrected chi connectivity index (χ4v) is 3.13. The normalized spacial score (nSPS) is 11.1. The smallest absolute Gasteiger partial charge is 0.335 e. The summed E-state index contributed by atoms with van der Waals surface area (Å²) in [6.45, 7) is 0. The zero-order valence-electron chi connectivity index (χ0n) is 11.2. The molecule has 0 radical (unpaired) electrons. The highest BCUT2D eigenvalue weighted by atomic mass is 32.2. The van der Waals surface area contributed by atoms with E-state index in [2.05, 4.69) is 0 Å². The lowest BCUT2D eigenvalue weighted by Gasteiger charge is -2.20. The van der Waals surface area contributed by atoms with Gasteiger partial charge >= 0.3 is 5.97 Å². The van der Waals surface area contributed by atoms with Crippen molar-refractivity contribution in [2.45, 2.75) is 4.90 Å². The Morgan fingerprint density at radius 2 is 1.76 bits per heavy atom. The van der Waals surface area contributed by atoms with Crippen molar-refractivity contribution in [2.75, 3.05) is 17.1 Å². The maximum absolute atomic E-state index is 12.5. The van der Waals surface area contributed by atoms with E-state index in [9.17, 15) is 13.2 Å². The van der Waals surface area contributed by atoms with Crippen LogP contribution in [-0.2, 0) is 10.0 Å². The first-order valence-corrected chi connectivity index (χ1v) is 7.45. The van der Waals surface area contributed by atoms with Gasteiger partial charge in [0.2, 0.25) is 0 Å². The Kier molecular flexibility index (Phi) is 3.86. The van der Waals surface area contributed by atoms with Gasteiger partial charge in [0.05, 0.1) is 16.9 Å². The Labute approximate surface area is 122 Å². The second-order valence-electron chi connectivity index (χ2n) is 4.37. The number of sulfonamides is 1. The third-order valence-corrected chi connectivity index (χ3v) is 4.87. The fourth-order valence-electron chi connectivity index (χ4n) is 1.84. The summed E-state index contributed by atoms with van der Waals surface area (Å²) in [4.78, 5) is 10.7. The highest BCUT2D eigenvalue weighted by Crippen LogP contribution is 2.26. The van der Waals surface area contributed by atoms with E-state index in [-0.39, 0.29) is 16.1 Å². The third-order valence-electron chi connectivity index (χ3n) is 3.01. The number of nitrogens with two attached hydrogens (primary N) is 1. The molecule has 0 saturated carbocycles. The quantitative estimate of drug-likeness (QED) is 0.839. The first kappa shape index (κ1) is 14.9. The van der Waals surface area contributed by atoms with Crippen LogP contribution < -0.4 is 10.0 Å². The second kappa shape index (κ2) is 5.45. The molecule has 0 heterocycles. The fraction of sp³-hybridized carbons (Fsp3) is 0.0714. The lowest BCUT2D eigenvalue weighted by molar-refractivity contribution is 0.0697. The maximum Gasteiger partial charge on any atom is 0.335 e. The van der Waals surface area contributed by atoms with E-state index in [1.54, 1.807) is 30.3 Å². The molecule has 110 valence electrons. The van der Waals surface area contributed by atoms with Crippen molar-refractivity contribution in [3.63, 3.8) is 0 Å². The molecule has 21 heavy (non-hydrogen) atoms. The molecule has 0 unspecified atom stereocenters. The zero-order chi connectivity index (χ0) is 15.6. The number of anilines is 2. The molecule has 6 nitrogen and oxygen atoms in total. The van der Waals surface area contributed by atoms with Gasteiger partial charge in [-0.15, -0.1) is 0 Å².